The zero-order valence-electron chi connectivity index (χ0n) is 11.5. The molecule has 0 aliphatic rings. The van der Waals surface area contributed by atoms with Crippen LogP contribution in [0.4, 0.5) is 5.69 Å². The summed E-state index contributed by atoms with van der Waals surface area (Å²) >= 11 is 5.81. The first kappa shape index (κ1) is 14.2. The van der Waals surface area contributed by atoms with E-state index in [2.05, 4.69) is 9.97 Å². The number of nitrogens with zero attached hydrogens (tertiary/aromatic N) is 3. The minimum absolute atomic E-state index is 0.0839. The number of nitro groups is 1. The number of hydrogen-bond acceptors (Lipinski definition) is 5. The van der Waals surface area contributed by atoms with E-state index in [9.17, 15) is 10.1 Å². The van der Waals surface area contributed by atoms with Gasteiger partial charge in [0.15, 0.2) is 0 Å². The van der Waals surface area contributed by atoms with Gasteiger partial charge in [-0.25, -0.2) is 4.98 Å². The Labute approximate surface area is 130 Å². The highest BCUT2D eigenvalue weighted by Gasteiger charge is 2.16. The van der Waals surface area contributed by atoms with E-state index in [1.165, 1.54) is 18.4 Å². The molecular formula is C15H10ClN3O3. The van der Waals surface area contributed by atoms with Crippen LogP contribution in [0.5, 0.6) is 0 Å². The fourth-order valence-electron chi connectivity index (χ4n) is 2.03. The molecule has 7 heteroatoms. The van der Waals surface area contributed by atoms with Crippen LogP contribution in [0.2, 0.25) is 5.02 Å². The summed E-state index contributed by atoms with van der Waals surface area (Å²) in [6, 6.07) is 6.36. The van der Waals surface area contributed by atoms with E-state index < -0.39 is 4.92 Å². The standard InChI is InChI=1S/C15H10ClN3O3/c1-9-4-5-17-7-11(9)15-18-13(8-22-15)10-2-3-12(16)14(6-10)19(20)21/h2-8H,1H3. The van der Waals surface area contributed by atoms with Gasteiger partial charge in [-0.05, 0) is 24.6 Å². The van der Waals surface area contributed by atoms with Crippen molar-refractivity contribution in [2.45, 2.75) is 6.92 Å². The van der Waals surface area contributed by atoms with Crippen molar-refractivity contribution >= 4 is 17.3 Å². The maximum absolute atomic E-state index is 10.9. The van der Waals surface area contributed by atoms with Crippen LogP contribution in [0, 0.1) is 17.0 Å². The topological polar surface area (TPSA) is 82.1 Å². The molecule has 0 amide bonds. The maximum atomic E-state index is 10.9. The third-order valence-electron chi connectivity index (χ3n) is 3.21. The highest BCUT2D eigenvalue weighted by Crippen LogP contribution is 2.31. The highest BCUT2D eigenvalue weighted by atomic mass is 35.5. The van der Waals surface area contributed by atoms with Crippen LogP contribution < -0.4 is 0 Å². The van der Waals surface area contributed by atoms with E-state index in [0.717, 1.165) is 11.1 Å². The number of halogens is 1. The number of hydrogen-bond donors (Lipinski definition) is 0. The molecule has 0 fully saturated rings. The van der Waals surface area contributed by atoms with E-state index >= 15 is 0 Å². The van der Waals surface area contributed by atoms with Crippen molar-refractivity contribution in [1.82, 2.24) is 9.97 Å². The molecule has 0 N–H and O–H groups in total. The Morgan fingerprint density at radius 3 is 2.86 bits per heavy atom. The van der Waals surface area contributed by atoms with Gasteiger partial charge in [0, 0.05) is 24.0 Å². The molecule has 2 aromatic heterocycles. The van der Waals surface area contributed by atoms with Gasteiger partial charge in [-0.1, -0.05) is 17.7 Å². The van der Waals surface area contributed by atoms with Crippen LogP contribution in [-0.4, -0.2) is 14.9 Å². The molecule has 0 saturated heterocycles. The second kappa shape index (κ2) is 5.57. The van der Waals surface area contributed by atoms with Gasteiger partial charge in [-0.2, -0.15) is 0 Å². The van der Waals surface area contributed by atoms with Crippen molar-refractivity contribution in [3.8, 4) is 22.7 Å². The number of oxazole rings is 1. The third kappa shape index (κ3) is 2.56. The molecule has 0 aliphatic heterocycles. The minimum atomic E-state index is -0.530. The van der Waals surface area contributed by atoms with Crippen LogP contribution in [0.25, 0.3) is 22.7 Å². The van der Waals surface area contributed by atoms with Crippen molar-refractivity contribution in [1.29, 1.82) is 0 Å². The normalized spacial score (nSPS) is 10.6. The monoisotopic (exact) mass is 315 g/mol. The Balaban J connectivity index is 2.03. The summed E-state index contributed by atoms with van der Waals surface area (Å²) in [5.74, 6) is 0.415. The summed E-state index contributed by atoms with van der Waals surface area (Å²) in [5, 5.41) is 11.0. The van der Waals surface area contributed by atoms with E-state index in [4.69, 9.17) is 16.0 Å². The molecule has 0 radical (unpaired) electrons. The van der Waals surface area contributed by atoms with Gasteiger partial charge in [0.25, 0.3) is 5.69 Å². The summed E-state index contributed by atoms with van der Waals surface area (Å²) in [5.41, 5.74) is 2.65. The lowest BCUT2D eigenvalue weighted by Gasteiger charge is -1.99. The molecule has 6 nitrogen and oxygen atoms in total. The molecule has 2 heterocycles. The summed E-state index contributed by atoms with van der Waals surface area (Å²) < 4.78 is 5.46. The average Bonchev–Trinajstić information content (AvgIpc) is 2.97. The number of aromatic nitrogens is 2. The van der Waals surface area contributed by atoms with Crippen molar-refractivity contribution in [2.75, 3.05) is 0 Å². The van der Waals surface area contributed by atoms with Crippen LogP contribution in [0.3, 0.4) is 0 Å². The molecule has 3 rings (SSSR count). The molecule has 0 saturated carbocycles. The molecule has 110 valence electrons. The minimum Gasteiger partial charge on any atom is -0.444 e. The second-order valence-corrected chi connectivity index (χ2v) is 5.06. The van der Waals surface area contributed by atoms with Gasteiger partial charge in [-0.3, -0.25) is 15.1 Å². The molecule has 0 unspecified atom stereocenters. The smallest absolute Gasteiger partial charge is 0.288 e. The highest BCUT2D eigenvalue weighted by molar-refractivity contribution is 6.32. The van der Waals surface area contributed by atoms with Crippen molar-refractivity contribution in [3.05, 3.63) is 63.6 Å². The van der Waals surface area contributed by atoms with E-state index in [0.29, 0.717) is 17.1 Å². The Kier molecular flexibility index (Phi) is 3.60. The number of benzene rings is 1. The predicted molar refractivity (Wildman–Crippen MR) is 81.6 cm³/mol. The fraction of sp³-hybridized carbons (Fsp3) is 0.0667. The number of rotatable bonds is 3. The predicted octanol–water partition coefficient (Wildman–Crippen LogP) is 4.27. The SMILES string of the molecule is Cc1ccncc1-c1nc(-c2ccc(Cl)c([N+](=O)[O-])c2)co1. The van der Waals surface area contributed by atoms with Crippen LogP contribution in [0.15, 0.2) is 47.3 Å². The number of nitro benzene ring substituents is 1. The summed E-state index contributed by atoms with van der Waals surface area (Å²) in [7, 11) is 0. The van der Waals surface area contributed by atoms with Crippen molar-refractivity contribution < 1.29 is 9.34 Å². The van der Waals surface area contributed by atoms with Crippen LogP contribution >= 0.6 is 11.6 Å². The molecule has 0 atom stereocenters. The average molecular weight is 316 g/mol. The summed E-state index contributed by atoms with van der Waals surface area (Å²) in [4.78, 5) is 18.8. The molecular weight excluding hydrogens is 306 g/mol. The Morgan fingerprint density at radius 2 is 2.14 bits per heavy atom. The molecule has 3 aromatic rings. The van der Waals surface area contributed by atoms with Crippen molar-refractivity contribution in [3.63, 3.8) is 0 Å². The quantitative estimate of drug-likeness (QED) is 0.532. The Hall–Kier alpha value is -2.73. The van der Waals surface area contributed by atoms with Gasteiger partial charge >= 0.3 is 0 Å². The first-order valence-corrected chi connectivity index (χ1v) is 6.75. The van der Waals surface area contributed by atoms with Gasteiger partial charge in [0.1, 0.15) is 17.0 Å². The maximum Gasteiger partial charge on any atom is 0.288 e. The zero-order valence-corrected chi connectivity index (χ0v) is 12.2. The van der Waals surface area contributed by atoms with Crippen LogP contribution in [0.1, 0.15) is 5.56 Å². The number of aryl methyl sites for hydroxylation is 1. The van der Waals surface area contributed by atoms with Crippen LogP contribution in [-0.2, 0) is 0 Å². The molecule has 22 heavy (non-hydrogen) atoms. The lowest BCUT2D eigenvalue weighted by Crippen LogP contribution is -1.90. The van der Waals surface area contributed by atoms with Gasteiger partial charge in [0.2, 0.25) is 5.89 Å². The fourth-order valence-corrected chi connectivity index (χ4v) is 2.22. The van der Waals surface area contributed by atoms with Crippen molar-refractivity contribution in [2.24, 2.45) is 0 Å². The first-order chi connectivity index (χ1) is 10.6. The van der Waals surface area contributed by atoms with Gasteiger partial charge in [0.05, 0.1) is 10.5 Å². The molecule has 1 aromatic carbocycles. The summed E-state index contributed by atoms with van der Waals surface area (Å²) in [6.45, 7) is 1.92. The molecule has 0 aliphatic carbocycles. The van der Waals surface area contributed by atoms with E-state index in [1.54, 1.807) is 18.5 Å². The summed E-state index contributed by atoms with van der Waals surface area (Å²) in [6.07, 6.45) is 4.80. The van der Waals surface area contributed by atoms with Gasteiger partial charge < -0.3 is 4.42 Å². The zero-order chi connectivity index (χ0) is 15.7. The lowest BCUT2D eigenvalue weighted by molar-refractivity contribution is -0.384. The van der Waals surface area contributed by atoms with E-state index in [-0.39, 0.29) is 10.7 Å². The lowest BCUT2D eigenvalue weighted by atomic mass is 10.1. The van der Waals surface area contributed by atoms with E-state index in [1.807, 2.05) is 13.0 Å². The largest absolute Gasteiger partial charge is 0.444 e. The molecule has 0 spiro atoms. The third-order valence-corrected chi connectivity index (χ3v) is 3.53. The Morgan fingerprint density at radius 1 is 1.32 bits per heavy atom. The molecule has 0 bridgehead atoms. The van der Waals surface area contributed by atoms with Gasteiger partial charge in [-0.15, -0.1) is 0 Å². The first-order valence-electron chi connectivity index (χ1n) is 6.37. The second-order valence-electron chi connectivity index (χ2n) is 4.65. The Bertz CT molecular complexity index is 861. The number of pyridine rings is 1.